The number of hydrogen-bond donors (Lipinski definition) is 0. The number of hydrogen-bond acceptors (Lipinski definition) is 8. The van der Waals surface area contributed by atoms with Gasteiger partial charge in [0.1, 0.15) is 49.4 Å². The average Bonchev–Trinajstić information content (AvgIpc) is 3.00. The third-order valence-electron chi connectivity index (χ3n) is 5.87. The van der Waals surface area contributed by atoms with Crippen LogP contribution in [0.4, 0.5) is 0 Å². The normalized spacial score (nSPS) is 10.7. The summed E-state index contributed by atoms with van der Waals surface area (Å²) in [7, 11) is 0. The molecule has 208 valence electrons. The molecule has 0 aromatic heterocycles. The minimum Gasteiger partial charge on any atom is -0.491 e. The van der Waals surface area contributed by atoms with Crippen molar-refractivity contribution < 1.29 is 38.0 Å². The van der Waals surface area contributed by atoms with Crippen molar-refractivity contribution in [2.75, 3.05) is 52.9 Å². The van der Waals surface area contributed by atoms with Crippen LogP contribution < -0.4 is 18.9 Å². The van der Waals surface area contributed by atoms with Crippen LogP contribution in [0, 0.1) is 0 Å². The van der Waals surface area contributed by atoms with E-state index in [-0.39, 0.29) is 0 Å². The summed E-state index contributed by atoms with van der Waals surface area (Å²) in [5.41, 5.74) is 1.03. The summed E-state index contributed by atoms with van der Waals surface area (Å²) in [5, 5.41) is 1.88. The van der Waals surface area contributed by atoms with Crippen LogP contribution in [0.15, 0.2) is 84.9 Å². The molecule has 4 aromatic carbocycles. The van der Waals surface area contributed by atoms with E-state index in [4.69, 9.17) is 28.4 Å². The summed E-state index contributed by atoms with van der Waals surface area (Å²) < 4.78 is 34.4. The van der Waals surface area contributed by atoms with Crippen LogP contribution in [0.5, 0.6) is 23.0 Å². The van der Waals surface area contributed by atoms with Crippen LogP contribution >= 0.6 is 0 Å². The van der Waals surface area contributed by atoms with Gasteiger partial charge in [0.15, 0.2) is 12.6 Å². The molecular weight excluding hydrogens is 512 g/mol. The zero-order chi connectivity index (χ0) is 27.8. The zero-order valence-electron chi connectivity index (χ0n) is 22.2. The van der Waals surface area contributed by atoms with Gasteiger partial charge in [-0.25, -0.2) is 0 Å². The molecule has 0 N–H and O–H groups in total. The highest BCUT2D eigenvalue weighted by Crippen LogP contribution is 2.32. The summed E-state index contributed by atoms with van der Waals surface area (Å²) in [6, 6.07) is 25.8. The molecule has 0 saturated carbocycles. The molecule has 0 aliphatic rings. The maximum atomic E-state index is 11.1. The summed E-state index contributed by atoms with van der Waals surface area (Å²) in [5.74, 6) is 2.58. The number of fused-ring (bicyclic) bond motifs is 1. The van der Waals surface area contributed by atoms with E-state index in [0.29, 0.717) is 75.5 Å². The lowest BCUT2D eigenvalue weighted by Crippen LogP contribution is -2.13. The number of carbonyl (C=O) groups is 2. The fourth-order valence-electron chi connectivity index (χ4n) is 3.97. The fraction of sp³-hybridized carbons (Fsp3) is 0.250. The SMILES string of the molecule is O=Cc1ccccc1OCCOCCOc1cccc2c(OCCOCCOc3ccccc3C=O)cccc12. The molecular formula is C32H32O8. The predicted molar refractivity (Wildman–Crippen MR) is 151 cm³/mol. The Labute approximate surface area is 233 Å². The molecule has 0 fully saturated rings. The molecule has 8 heteroatoms. The van der Waals surface area contributed by atoms with Gasteiger partial charge in [0.25, 0.3) is 0 Å². The number of carbonyl (C=O) groups excluding carboxylic acids is 2. The summed E-state index contributed by atoms with van der Waals surface area (Å²) in [4.78, 5) is 22.1. The van der Waals surface area contributed by atoms with E-state index in [2.05, 4.69) is 0 Å². The van der Waals surface area contributed by atoms with Crippen LogP contribution in [0.25, 0.3) is 10.8 Å². The third kappa shape index (κ3) is 8.30. The van der Waals surface area contributed by atoms with E-state index < -0.39 is 0 Å². The second kappa shape index (κ2) is 15.9. The Hall–Kier alpha value is -4.40. The van der Waals surface area contributed by atoms with Crippen molar-refractivity contribution in [1.29, 1.82) is 0 Å². The van der Waals surface area contributed by atoms with Gasteiger partial charge in [0, 0.05) is 10.8 Å². The molecule has 4 rings (SSSR count). The van der Waals surface area contributed by atoms with Crippen LogP contribution in [0.2, 0.25) is 0 Å². The Morgan fingerprint density at radius 1 is 0.400 bits per heavy atom. The first-order valence-electron chi connectivity index (χ1n) is 13.1. The van der Waals surface area contributed by atoms with Crippen molar-refractivity contribution in [3.05, 3.63) is 96.1 Å². The first-order chi connectivity index (χ1) is 19.8. The summed E-state index contributed by atoms with van der Waals surface area (Å²) >= 11 is 0. The molecule has 0 aliphatic heterocycles. The number of benzene rings is 4. The van der Waals surface area contributed by atoms with Crippen molar-refractivity contribution in [2.45, 2.75) is 0 Å². The Morgan fingerprint density at radius 3 is 1.15 bits per heavy atom. The minimum absolute atomic E-state index is 0.338. The standard InChI is InChI=1S/C32H32O8/c33-23-25-7-1-3-11-29(25)37-19-15-35-17-21-39-31-13-5-10-28-27(31)9-6-14-32(28)40-22-18-36-16-20-38-30-12-4-2-8-26(30)24-34/h1-14,23-24H,15-22H2. The van der Waals surface area contributed by atoms with E-state index in [1.54, 1.807) is 36.4 Å². The van der Waals surface area contributed by atoms with Gasteiger partial charge in [-0.05, 0) is 36.4 Å². The number of para-hydroxylation sites is 2. The fourth-order valence-corrected chi connectivity index (χ4v) is 3.97. The molecule has 0 atom stereocenters. The van der Waals surface area contributed by atoms with Crippen molar-refractivity contribution in [1.82, 2.24) is 0 Å². The average molecular weight is 545 g/mol. The van der Waals surface area contributed by atoms with Gasteiger partial charge in [-0.15, -0.1) is 0 Å². The Morgan fingerprint density at radius 2 is 0.750 bits per heavy atom. The monoisotopic (exact) mass is 544 g/mol. The second-order valence-electron chi connectivity index (χ2n) is 8.54. The van der Waals surface area contributed by atoms with Crippen molar-refractivity contribution in [2.24, 2.45) is 0 Å². The predicted octanol–water partition coefficient (Wildman–Crippen LogP) is 5.41. The molecule has 8 nitrogen and oxygen atoms in total. The Balaban J connectivity index is 1.15. The van der Waals surface area contributed by atoms with E-state index in [0.717, 1.165) is 34.8 Å². The molecule has 0 radical (unpaired) electrons. The van der Waals surface area contributed by atoms with Crippen LogP contribution in [-0.2, 0) is 9.47 Å². The highest BCUT2D eigenvalue weighted by atomic mass is 16.6. The van der Waals surface area contributed by atoms with Crippen LogP contribution in [0.1, 0.15) is 20.7 Å². The molecule has 0 saturated heterocycles. The number of aldehydes is 2. The molecule has 4 aromatic rings. The zero-order valence-corrected chi connectivity index (χ0v) is 22.2. The van der Waals surface area contributed by atoms with Gasteiger partial charge in [-0.1, -0.05) is 48.5 Å². The highest BCUT2D eigenvalue weighted by molar-refractivity contribution is 5.93. The molecule has 0 heterocycles. The van der Waals surface area contributed by atoms with E-state index in [9.17, 15) is 9.59 Å². The van der Waals surface area contributed by atoms with Gasteiger partial charge in [-0.2, -0.15) is 0 Å². The number of rotatable bonds is 18. The lowest BCUT2D eigenvalue weighted by molar-refractivity contribution is 0.0761. The highest BCUT2D eigenvalue weighted by Gasteiger charge is 2.08. The smallest absolute Gasteiger partial charge is 0.153 e. The Bertz CT molecular complexity index is 1270. The van der Waals surface area contributed by atoms with Crippen molar-refractivity contribution in [3.8, 4) is 23.0 Å². The summed E-state index contributed by atoms with van der Waals surface area (Å²) in [6.45, 7) is 2.98. The number of ether oxygens (including phenoxy) is 6. The van der Waals surface area contributed by atoms with E-state index in [1.165, 1.54) is 0 Å². The molecule has 0 spiro atoms. The largest absolute Gasteiger partial charge is 0.491 e. The van der Waals surface area contributed by atoms with Crippen LogP contribution in [0.3, 0.4) is 0 Å². The minimum atomic E-state index is 0.338. The first kappa shape index (κ1) is 28.6. The quantitative estimate of drug-likeness (QED) is 0.121. The summed E-state index contributed by atoms with van der Waals surface area (Å²) in [6.07, 6.45) is 1.55. The molecule has 40 heavy (non-hydrogen) atoms. The molecule has 0 aliphatic carbocycles. The second-order valence-corrected chi connectivity index (χ2v) is 8.54. The van der Waals surface area contributed by atoms with E-state index in [1.807, 2.05) is 48.5 Å². The first-order valence-corrected chi connectivity index (χ1v) is 13.1. The maximum absolute atomic E-state index is 11.1. The van der Waals surface area contributed by atoms with Crippen molar-refractivity contribution >= 4 is 23.3 Å². The molecule has 0 amide bonds. The van der Waals surface area contributed by atoms with Crippen molar-refractivity contribution in [3.63, 3.8) is 0 Å². The van der Waals surface area contributed by atoms with E-state index >= 15 is 0 Å². The van der Waals surface area contributed by atoms with Gasteiger partial charge in [-0.3, -0.25) is 9.59 Å². The van der Waals surface area contributed by atoms with Gasteiger partial charge < -0.3 is 28.4 Å². The molecule has 0 bridgehead atoms. The van der Waals surface area contributed by atoms with Gasteiger partial charge in [0.05, 0.1) is 37.6 Å². The lowest BCUT2D eigenvalue weighted by atomic mass is 10.1. The van der Waals surface area contributed by atoms with Gasteiger partial charge >= 0.3 is 0 Å². The lowest BCUT2D eigenvalue weighted by Gasteiger charge is -2.13. The van der Waals surface area contributed by atoms with Crippen LogP contribution in [-0.4, -0.2) is 65.4 Å². The maximum Gasteiger partial charge on any atom is 0.153 e. The topological polar surface area (TPSA) is 89.5 Å². The van der Waals surface area contributed by atoms with Gasteiger partial charge in [0.2, 0.25) is 0 Å². The Kier molecular flexibility index (Phi) is 11.4. The third-order valence-corrected chi connectivity index (χ3v) is 5.87. The molecule has 0 unspecified atom stereocenters.